The highest BCUT2D eigenvalue weighted by Crippen LogP contribution is 2.46. The van der Waals surface area contributed by atoms with Crippen molar-refractivity contribution in [3.63, 3.8) is 0 Å². The summed E-state index contributed by atoms with van der Waals surface area (Å²) in [5.41, 5.74) is 2.60. The summed E-state index contributed by atoms with van der Waals surface area (Å²) >= 11 is 0. The number of alkyl halides is 6. The van der Waals surface area contributed by atoms with Crippen molar-refractivity contribution in [2.45, 2.75) is 12.4 Å². The van der Waals surface area contributed by atoms with Gasteiger partial charge in [-0.2, -0.15) is 26.3 Å². The second-order valence-electron chi connectivity index (χ2n) is 10.8. The Morgan fingerprint density at radius 1 is 0.318 bits per heavy atom. The van der Waals surface area contributed by atoms with E-state index in [1.165, 1.54) is 18.2 Å². The third-order valence-corrected chi connectivity index (χ3v) is 8.09. The molecule has 0 amide bonds. The van der Waals surface area contributed by atoms with E-state index in [1.54, 1.807) is 6.07 Å². The molecule has 0 nitrogen and oxygen atoms in total. The van der Waals surface area contributed by atoms with Gasteiger partial charge in [0.05, 0.1) is 11.1 Å². The van der Waals surface area contributed by atoms with E-state index in [-0.39, 0.29) is 0 Å². The summed E-state index contributed by atoms with van der Waals surface area (Å²) in [5, 5.41) is 5.29. The summed E-state index contributed by atoms with van der Waals surface area (Å²) in [6, 6.07) is 37.6. The standard InChI is InChI=1S/C38H22F6/c39-37(40,41)29-17-14-24(15-18-29)26-16-19-33-34(22-26)36(27-8-5-9-30(21-27)38(42,43)44)32-11-4-3-10-31(32)35(33)28-13-12-23-6-1-2-7-25(23)20-28/h1-22H. The quantitative estimate of drug-likeness (QED) is 0.141. The highest BCUT2D eigenvalue weighted by Gasteiger charge is 2.31. The van der Waals surface area contributed by atoms with Gasteiger partial charge in [-0.3, -0.25) is 0 Å². The molecule has 0 atom stereocenters. The lowest BCUT2D eigenvalue weighted by molar-refractivity contribution is -0.138. The summed E-state index contributed by atoms with van der Waals surface area (Å²) in [6.07, 6.45) is -9.00. The Hall–Kier alpha value is -5.10. The van der Waals surface area contributed by atoms with Crippen molar-refractivity contribution in [3.8, 4) is 33.4 Å². The van der Waals surface area contributed by atoms with Crippen LogP contribution in [0.25, 0.3) is 65.7 Å². The van der Waals surface area contributed by atoms with E-state index in [1.807, 2.05) is 78.9 Å². The average Bonchev–Trinajstić information content (AvgIpc) is 3.02. The molecule has 0 heterocycles. The Morgan fingerprint density at radius 2 is 0.864 bits per heavy atom. The summed E-state index contributed by atoms with van der Waals surface area (Å²) in [5.74, 6) is 0. The first-order chi connectivity index (χ1) is 21.1. The third-order valence-electron chi connectivity index (χ3n) is 8.09. The van der Waals surface area contributed by atoms with Gasteiger partial charge in [-0.1, -0.05) is 97.1 Å². The maximum atomic E-state index is 13.8. The predicted octanol–water partition coefficient (Wildman–Crippen LogP) is 12.2. The number of halogens is 6. The minimum Gasteiger partial charge on any atom is -0.166 e. The van der Waals surface area contributed by atoms with Gasteiger partial charge in [0.15, 0.2) is 0 Å². The van der Waals surface area contributed by atoms with Crippen LogP contribution in [0, 0.1) is 0 Å². The SMILES string of the molecule is FC(F)(F)c1ccc(-c2ccc3c(-c4ccc5ccccc5c4)c4ccccc4c(-c4cccc(C(F)(F)F)c4)c3c2)cc1. The lowest BCUT2D eigenvalue weighted by atomic mass is 9.84. The van der Waals surface area contributed by atoms with Crippen molar-refractivity contribution in [1.29, 1.82) is 0 Å². The monoisotopic (exact) mass is 592 g/mol. The molecule has 7 aromatic rings. The molecule has 0 unspecified atom stereocenters. The molecule has 0 spiro atoms. The molecular weight excluding hydrogens is 570 g/mol. The van der Waals surface area contributed by atoms with E-state index in [0.717, 1.165) is 62.3 Å². The Bertz CT molecular complexity index is 2190. The van der Waals surface area contributed by atoms with Crippen LogP contribution < -0.4 is 0 Å². The molecule has 7 aromatic carbocycles. The van der Waals surface area contributed by atoms with Crippen molar-refractivity contribution < 1.29 is 26.3 Å². The van der Waals surface area contributed by atoms with Crippen LogP contribution in [0.1, 0.15) is 11.1 Å². The largest absolute Gasteiger partial charge is 0.416 e. The van der Waals surface area contributed by atoms with Crippen molar-refractivity contribution in [3.05, 3.63) is 145 Å². The van der Waals surface area contributed by atoms with Crippen LogP contribution in [0.4, 0.5) is 26.3 Å². The van der Waals surface area contributed by atoms with Crippen LogP contribution in [-0.4, -0.2) is 0 Å². The van der Waals surface area contributed by atoms with Crippen molar-refractivity contribution in [2.75, 3.05) is 0 Å². The third kappa shape index (κ3) is 4.86. The molecule has 0 N–H and O–H groups in total. The number of benzene rings is 7. The van der Waals surface area contributed by atoms with Gasteiger partial charge < -0.3 is 0 Å². The second-order valence-corrected chi connectivity index (χ2v) is 10.8. The molecule has 216 valence electrons. The summed E-state index contributed by atoms with van der Waals surface area (Å²) < 4.78 is 81.3. The van der Waals surface area contributed by atoms with Gasteiger partial charge in [0.25, 0.3) is 0 Å². The van der Waals surface area contributed by atoms with Gasteiger partial charge in [-0.15, -0.1) is 0 Å². The summed E-state index contributed by atoms with van der Waals surface area (Å²) in [7, 11) is 0. The van der Waals surface area contributed by atoms with Gasteiger partial charge in [0.1, 0.15) is 0 Å². The van der Waals surface area contributed by atoms with Gasteiger partial charge in [0.2, 0.25) is 0 Å². The molecule has 0 aliphatic heterocycles. The molecule has 7 rings (SSSR count). The molecule has 0 aliphatic rings. The highest BCUT2D eigenvalue weighted by atomic mass is 19.4. The number of hydrogen-bond donors (Lipinski definition) is 0. The van der Waals surface area contributed by atoms with Crippen LogP contribution in [0.15, 0.2) is 133 Å². The molecule has 0 saturated heterocycles. The van der Waals surface area contributed by atoms with E-state index in [9.17, 15) is 26.3 Å². The van der Waals surface area contributed by atoms with Crippen molar-refractivity contribution in [1.82, 2.24) is 0 Å². The molecule has 44 heavy (non-hydrogen) atoms. The zero-order chi connectivity index (χ0) is 30.6. The van der Waals surface area contributed by atoms with Gasteiger partial charge in [0, 0.05) is 0 Å². The van der Waals surface area contributed by atoms with Gasteiger partial charge in [-0.25, -0.2) is 0 Å². The summed E-state index contributed by atoms with van der Waals surface area (Å²) in [6.45, 7) is 0. The molecule has 0 fully saturated rings. The first-order valence-corrected chi connectivity index (χ1v) is 13.9. The lowest BCUT2D eigenvalue weighted by Crippen LogP contribution is -2.04. The molecule has 0 radical (unpaired) electrons. The van der Waals surface area contributed by atoms with Crippen LogP contribution in [0.5, 0.6) is 0 Å². The van der Waals surface area contributed by atoms with E-state index in [4.69, 9.17) is 0 Å². The minimum absolute atomic E-state index is 0.399. The lowest BCUT2D eigenvalue weighted by Gasteiger charge is -2.19. The molecule has 0 saturated carbocycles. The average molecular weight is 593 g/mol. The fraction of sp³-hybridized carbons (Fsp3) is 0.0526. The Balaban J connectivity index is 1.56. The molecule has 0 aromatic heterocycles. The van der Waals surface area contributed by atoms with E-state index >= 15 is 0 Å². The first-order valence-electron chi connectivity index (χ1n) is 13.9. The highest BCUT2D eigenvalue weighted by molar-refractivity contribution is 6.22. The fourth-order valence-corrected chi connectivity index (χ4v) is 6.03. The number of fused-ring (bicyclic) bond motifs is 3. The normalized spacial score (nSPS) is 12.3. The first kappa shape index (κ1) is 27.7. The van der Waals surface area contributed by atoms with E-state index in [0.29, 0.717) is 27.6 Å². The second kappa shape index (κ2) is 10.3. The van der Waals surface area contributed by atoms with Crippen LogP contribution >= 0.6 is 0 Å². The smallest absolute Gasteiger partial charge is 0.166 e. The van der Waals surface area contributed by atoms with Crippen molar-refractivity contribution in [2.24, 2.45) is 0 Å². The Kier molecular flexibility index (Phi) is 6.47. The number of hydrogen-bond acceptors (Lipinski definition) is 0. The topological polar surface area (TPSA) is 0 Å². The zero-order valence-corrected chi connectivity index (χ0v) is 23.0. The maximum Gasteiger partial charge on any atom is 0.416 e. The van der Waals surface area contributed by atoms with Crippen LogP contribution in [-0.2, 0) is 12.4 Å². The molecule has 6 heteroatoms. The number of rotatable bonds is 3. The maximum absolute atomic E-state index is 13.8. The van der Waals surface area contributed by atoms with Crippen LogP contribution in [0.3, 0.4) is 0 Å². The summed E-state index contributed by atoms with van der Waals surface area (Å²) in [4.78, 5) is 0. The molecule has 0 aliphatic carbocycles. The minimum atomic E-state index is -4.53. The Labute approximate surface area is 248 Å². The van der Waals surface area contributed by atoms with Crippen LogP contribution in [0.2, 0.25) is 0 Å². The molecular formula is C38H22F6. The van der Waals surface area contributed by atoms with E-state index < -0.39 is 23.5 Å². The zero-order valence-electron chi connectivity index (χ0n) is 23.0. The van der Waals surface area contributed by atoms with Gasteiger partial charge in [-0.05, 0) is 102 Å². The van der Waals surface area contributed by atoms with Gasteiger partial charge >= 0.3 is 12.4 Å². The van der Waals surface area contributed by atoms with E-state index in [2.05, 4.69) is 6.07 Å². The molecule has 0 bridgehead atoms. The van der Waals surface area contributed by atoms with Crippen molar-refractivity contribution >= 4 is 32.3 Å². The Morgan fingerprint density at radius 3 is 1.55 bits per heavy atom. The predicted molar refractivity (Wildman–Crippen MR) is 165 cm³/mol. The fourth-order valence-electron chi connectivity index (χ4n) is 6.03.